The molecule has 2 N–H and O–H groups in total. The summed E-state index contributed by atoms with van der Waals surface area (Å²) in [6.07, 6.45) is -0.00877. The zero-order chi connectivity index (χ0) is 14.1. The molecule has 0 bridgehead atoms. The third-order valence-electron chi connectivity index (χ3n) is 2.05. The van der Waals surface area contributed by atoms with Crippen LogP contribution in [0.1, 0.15) is 26.7 Å². The van der Waals surface area contributed by atoms with Gasteiger partial charge in [-0.05, 0) is 11.7 Å². The highest BCUT2D eigenvalue weighted by molar-refractivity contribution is 8.00. The standard InChI is InChI=1S/C11H19NO5S/c1-7(2)18-6-9(13)12-8(11(15)16)4-5-10(14)17-3/h7-8H,4-6H2,1-3H3,(H,12,13)(H,15,16)/t8-/m1/s1. The molecule has 0 unspecified atom stereocenters. The monoisotopic (exact) mass is 277 g/mol. The van der Waals surface area contributed by atoms with Crippen molar-refractivity contribution in [1.82, 2.24) is 5.32 Å². The predicted octanol–water partition coefficient (Wildman–Crippen LogP) is 0.651. The number of hydrogen-bond acceptors (Lipinski definition) is 5. The van der Waals surface area contributed by atoms with Crippen molar-refractivity contribution < 1.29 is 24.2 Å². The van der Waals surface area contributed by atoms with Crippen molar-refractivity contribution in [2.24, 2.45) is 0 Å². The topological polar surface area (TPSA) is 92.7 Å². The molecule has 0 aromatic heterocycles. The number of ether oxygens (including phenoxy) is 1. The summed E-state index contributed by atoms with van der Waals surface area (Å²) in [7, 11) is 1.23. The fourth-order valence-electron chi connectivity index (χ4n) is 1.10. The molecular weight excluding hydrogens is 258 g/mol. The van der Waals surface area contributed by atoms with E-state index in [1.807, 2.05) is 13.8 Å². The number of thioether (sulfide) groups is 1. The van der Waals surface area contributed by atoms with Crippen molar-refractivity contribution in [2.45, 2.75) is 38.0 Å². The molecule has 0 saturated heterocycles. The van der Waals surface area contributed by atoms with Crippen LogP contribution in [0.2, 0.25) is 0 Å². The van der Waals surface area contributed by atoms with Crippen LogP contribution in [0.3, 0.4) is 0 Å². The fourth-order valence-corrected chi connectivity index (χ4v) is 1.67. The average Bonchev–Trinajstić information content (AvgIpc) is 2.30. The van der Waals surface area contributed by atoms with Gasteiger partial charge in [-0.1, -0.05) is 13.8 Å². The molecule has 0 aliphatic carbocycles. The number of methoxy groups -OCH3 is 1. The van der Waals surface area contributed by atoms with Gasteiger partial charge >= 0.3 is 11.9 Å². The van der Waals surface area contributed by atoms with Crippen molar-refractivity contribution in [2.75, 3.05) is 12.9 Å². The van der Waals surface area contributed by atoms with E-state index in [2.05, 4.69) is 10.1 Å². The number of aliphatic carboxylic acids is 1. The van der Waals surface area contributed by atoms with Gasteiger partial charge in [0.15, 0.2) is 0 Å². The summed E-state index contributed by atoms with van der Waals surface area (Å²) in [5.74, 6) is -1.78. The lowest BCUT2D eigenvalue weighted by Gasteiger charge is -2.14. The van der Waals surface area contributed by atoms with Crippen LogP contribution >= 0.6 is 11.8 Å². The highest BCUT2D eigenvalue weighted by Gasteiger charge is 2.21. The van der Waals surface area contributed by atoms with Gasteiger partial charge in [0.2, 0.25) is 5.91 Å². The quantitative estimate of drug-likeness (QED) is 0.633. The molecule has 0 aliphatic rings. The normalized spacial score (nSPS) is 12.0. The second-order valence-corrected chi connectivity index (χ2v) is 5.50. The first-order chi connectivity index (χ1) is 8.36. The Morgan fingerprint density at radius 2 is 1.94 bits per heavy atom. The van der Waals surface area contributed by atoms with Gasteiger partial charge < -0.3 is 15.2 Å². The predicted molar refractivity (Wildman–Crippen MR) is 68.4 cm³/mol. The fraction of sp³-hybridized carbons (Fsp3) is 0.727. The molecule has 0 aliphatic heterocycles. The molecular formula is C11H19NO5S. The molecule has 0 radical (unpaired) electrons. The third kappa shape index (κ3) is 7.94. The molecule has 7 heteroatoms. The van der Waals surface area contributed by atoms with Crippen LogP contribution in [0.4, 0.5) is 0 Å². The van der Waals surface area contributed by atoms with E-state index in [1.54, 1.807) is 0 Å². The number of carbonyl (C=O) groups is 3. The molecule has 0 fully saturated rings. The van der Waals surface area contributed by atoms with Crippen molar-refractivity contribution in [3.05, 3.63) is 0 Å². The summed E-state index contributed by atoms with van der Waals surface area (Å²) >= 11 is 1.43. The minimum atomic E-state index is -1.15. The maximum atomic E-state index is 11.5. The van der Waals surface area contributed by atoms with Gasteiger partial charge in [-0.25, -0.2) is 4.79 Å². The lowest BCUT2D eigenvalue weighted by atomic mass is 10.1. The molecule has 0 rings (SSSR count). The number of esters is 1. The number of rotatable bonds is 8. The first-order valence-corrected chi connectivity index (χ1v) is 6.62. The number of carbonyl (C=O) groups excluding carboxylic acids is 2. The van der Waals surface area contributed by atoms with E-state index in [1.165, 1.54) is 18.9 Å². The lowest BCUT2D eigenvalue weighted by Crippen LogP contribution is -2.42. The Labute approximate surface area is 110 Å². The molecule has 6 nitrogen and oxygen atoms in total. The van der Waals surface area contributed by atoms with Gasteiger partial charge in [0.05, 0.1) is 12.9 Å². The Balaban J connectivity index is 4.15. The van der Waals surface area contributed by atoms with Gasteiger partial charge in [0.1, 0.15) is 6.04 Å². The van der Waals surface area contributed by atoms with E-state index in [0.29, 0.717) is 5.25 Å². The highest BCUT2D eigenvalue weighted by atomic mass is 32.2. The summed E-state index contributed by atoms with van der Waals surface area (Å²) in [6.45, 7) is 3.90. The molecule has 104 valence electrons. The van der Waals surface area contributed by atoms with Gasteiger partial charge in [-0.3, -0.25) is 9.59 Å². The number of carboxylic acids is 1. The van der Waals surface area contributed by atoms with Gasteiger partial charge in [-0.15, -0.1) is 11.8 Å². The van der Waals surface area contributed by atoms with Crippen molar-refractivity contribution >= 4 is 29.6 Å². The second-order valence-electron chi connectivity index (χ2n) is 3.93. The van der Waals surface area contributed by atoms with Crippen LogP contribution in [0, 0.1) is 0 Å². The van der Waals surface area contributed by atoms with Crippen LogP contribution < -0.4 is 5.32 Å². The first-order valence-electron chi connectivity index (χ1n) is 5.57. The van der Waals surface area contributed by atoms with E-state index < -0.39 is 18.0 Å². The molecule has 0 aromatic carbocycles. The maximum Gasteiger partial charge on any atom is 0.326 e. The highest BCUT2D eigenvalue weighted by Crippen LogP contribution is 2.08. The summed E-state index contributed by atoms with van der Waals surface area (Å²) < 4.78 is 4.42. The molecule has 0 aromatic rings. The van der Waals surface area contributed by atoms with E-state index >= 15 is 0 Å². The number of carboxylic acid groups (broad SMARTS) is 1. The van der Waals surface area contributed by atoms with Crippen molar-refractivity contribution in [1.29, 1.82) is 0 Å². The van der Waals surface area contributed by atoms with E-state index in [4.69, 9.17) is 5.11 Å². The van der Waals surface area contributed by atoms with Crippen molar-refractivity contribution in [3.8, 4) is 0 Å². The van der Waals surface area contributed by atoms with E-state index in [0.717, 1.165) is 0 Å². The molecule has 0 spiro atoms. The molecule has 1 atom stereocenters. The van der Waals surface area contributed by atoms with Crippen LogP contribution in [0.5, 0.6) is 0 Å². The third-order valence-corrected chi connectivity index (χ3v) is 3.14. The molecule has 0 saturated carbocycles. The van der Waals surface area contributed by atoms with Crippen LogP contribution in [0.15, 0.2) is 0 Å². The smallest absolute Gasteiger partial charge is 0.326 e. The van der Waals surface area contributed by atoms with Crippen LogP contribution in [-0.4, -0.2) is 47.1 Å². The first kappa shape index (κ1) is 16.8. The zero-order valence-electron chi connectivity index (χ0n) is 10.8. The van der Waals surface area contributed by atoms with E-state index in [9.17, 15) is 14.4 Å². The Morgan fingerprint density at radius 3 is 2.39 bits per heavy atom. The minimum absolute atomic E-state index is 0.0279. The minimum Gasteiger partial charge on any atom is -0.480 e. The summed E-state index contributed by atoms with van der Waals surface area (Å²) in [5.41, 5.74) is 0. The Bertz CT molecular complexity index is 306. The SMILES string of the molecule is COC(=O)CC[C@@H](NC(=O)CSC(C)C)C(=O)O. The summed E-state index contributed by atoms with van der Waals surface area (Å²) in [6, 6.07) is -1.05. The van der Waals surface area contributed by atoms with Gasteiger partial charge in [0, 0.05) is 6.42 Å². The van der Waals surface area contributed by atoms with Crippen molar-refractivity contribution in [3.63, 3.8) is 0 Å². The lowest BCUT2D eigenvalue weighted by molar-refractivity contribution is -0.143. The maximum absolute atomic E-state index is 11.5. The zero-order valence-corrected chi connectivity index (χ0v) is 11.6. The summed E-state index contributed by atoms with van der Waals surface area (Å²) in [5, 5.41) is 11.6. The Kier molecular flexibility index (Phi) is 8.19. The number of hydrogen-bond donors (Lipinski definition) is 2. The summed E-state index contributed by atoms with van der Waals surface area (Å²) in [4.78, 5) is 33.3. The molecule has 1 amide bonds. The largest absolute Gasteiger partial charge is 0.480 e. The van der Waals surface area contributed by atoms with Crippen LogP contribution in [-0.2, 0) is 19.1 Å². The Morgan fingerprint density at radius 1 is 1.33 bits per heavy atom. The van der Waals surface area contributed by atoms with Gasteiger partial charge in [-0.2, -0.15) is 0 Å². The van der Waals surface area contributed by atoms with Gasteiger partial charge in [0.25, 0.3) is 0 Å². The number of amides is 1. The molecule has 0 heterocycles. The molecule has 18 heavy (non-hydrogen) atoms. The van der Waals surface area contributed by atoms with Crippen LogP contribution in [0.25, 0.3) is 0 Å². The second kappa shape index (κ2) is 8.79. The average molecular weight is 277 g/mol. The Hall–Kier alpha value is -1.24. The number of nitrogens with one attached hydrogen (secondary N) is 1. The van der Waals surface area contributed by atoms with E-state index in [-0.39, 0.29) is 24.5 Å².